The van der Waals surface area contributed by atoms with Gasteiger partial charge in [-0.25, -0.2) is 8.42 Å². The number of carbonyl (C=O) groups excluding carboxylic acids is 1. The molecule has 1 saturated heterocycles. The molecule has 20 heavy (non-hydrogen) atoms. The van der Waals surface area contributed by atoms with Crippen molar-refractivity contribution in [3.63, 3.8) is 0 Å². The summed E-state index contributed by atoms with van der Waals surface area (Å²) in [5.74, 6) is 0.829. The van der Waals surface area contributed by atoms with Crippen LogP contribution in [0.4, 0.5) is 0 Å². The van der Waals surface area contributed by atoms with Gasteiger partial charge in [0.05, 0.1) is 25.0 Å². The summed E-state index contributed by atoms with van der Waals surface area (Å²) in [5.41, 5.74) is 0.813. The maximum atomic E-state index is 12.3. The first-order chi connectivity index (χ1) is 9.43. The van der Waals surface area contributed by atoms with Crippen LogP contribution < -0.4 is 4.74 Å². The number of carbonyl (C=O) groups is 1. The normalized spacial score (nSPS) is 20.6. The zero-order valence-electron chi connectivity index (χ0n) is 11.7. The first kappa shape index (κ1) is 14.8. The van der Waals surface area contributed by atoms with Gasteiger partial charge in [0.25, 0.3) is 0 Å². The molecule has 0 unspecified atom stereocenters. The van der Waals surface area contributed by atoms with Crippen molar-refractivity contribution in [2.24, 2.45) is 0 Å². The number of hydrogen-bond donors (Lipinski definition) is 0. The first-order valence-electron chi connectivity index (χ1n) is 6.51. The van der Waals surface area contributed by atoms with Gasteiger partial charge >= 0.3 is 0 Å². The standard InChI is InChI=1S/C14H19NO4S/c1-15(12-7-8-20(17,18)10-12)14(16)9-11-5-3-4-6-13(11)19-2/h3-6,12H,7-10H2,1-2H3/t12-/m0/s1. The van der Waals surface area contributed by atoms with Crippen molar-refractivity contribution in [1.29, 1.82) is 0 Å². The van der Waals surface area contributed by atoms with Gasteiger partial charge < -0.3 is 9.64 Å². The van der Waals surface area contributed by atoms with E-state index in [0.29, 0.717) is 12.2 Å². The molecule has 1 aliphatic rings. The predicted molar refractivity (Wildman–Crippen MR) is 76.5 cm³/mol. The maximum absolute atomic E-state index is 12.3. The second-order valence-electron chi connectivity index (χ2n) is 5.05. The highest BCUT2D eigenvalue weighted by molar-refractivity contribution is 7.91. The van der Waals surface area contributed by atoms with Crippen LogP contribution >= 0.6 is 0 Å². The molecule has 1 atom stereocenters. The third-order valence-corrected chi connectivity index (χ3v) is 5.43. The highest BCUT2D eigenvalue weighted by atomic mass is 32.2. The molecule has 0 spiro atoms. The molecule has 1 fully saturated rings. The van der Waals surface area contributed by atoms with Crippen molar-refractivity contribution >= 4 is 15.7 Å². The van der Waals surface area contributed by atoms with E-state index in [4.69, 9.17) is 4.74 Å². The Bertz CT molecular complexity index is 597. The minimum atomic E-state index is -2.98. The van der Waals surface area contributed by atoms with E-state index in [1.54, 1.807) is 19.1 Å². The van der Waals surface area contributed by atoms with Gasteiger partial charge in [-0.1, -0.05) is 18.2 Å². The van der Waals surface area contributed by atoms with Gasteiger partial charge in [-0.05, 0) is 12.5 Å². The fraction of sp³-hybridized carbons (Fsp3) is 0.500. The van der Waals surface area contributed by atoms with Crippen molar-refractivity contribution in [3.05, 3.63) is 29.8 Å². The SMILES string of the molecule is COc1ccccc1CC(=O)N(C)[C@H]1CCS(=O)(=O)C1. The Kier molecular flexibility index (Phi) is 4.32. The molecule has 6 heteroatoms. The molecule has 0 bridgehead atoms. The molecule has 0 saturated carbocycles. The number of rotatable bonds is 4. The first-order valence-corrected chi connectivity index (χ1v) is 8.33. The van der Waals surface area contributed by atoms with Crippen LogP contribution in [0.3, 0.4) is 0 Å². The van der Waals surface area contributed by atoms with Gasteiger partial charge in [0.15, 0.2) is 9.84 Å². The van der Waals surface area contributed by atoms with Crippen molar-refractivity contribution < 1.29 is 17.9 Å². The average Bonchev–Trinajstić information content (AvgIpc) is 2.78. The van der Waals surface area contributed by atoms with E-state index >= 15 is 0 Å². The predicted octanol–water partition coefficient (Wildman–Crippen LogP) is 0.883. The van der Waals surface area contributed by atoms with Crippen LogP contribution in [0.1, 0.15) is 12.0 Å². The number of amides is 1. The van der Waals surface area contributed by atoms with Gasteiger partial charge in [0.2, 0.25) is 5.91 Å². The number of benzene rings is 1. The van der Waals surface area contributed by atoms with Crippen LogP contribution in [0, 0.1) is 0 Å². The lowest BCUT2D eigenvalue weighted by Gasteiger charge is -2.23. The summed E-state index contributed by atoms with van der Waals surface area (Å²) in [4.78, 5) is 13.8. The molecule has 0 N–H and O–H groups in total. The lowest BCUT2D eigenvalue weighted by atomic mass is 10.1. The molecule has 1 amide bonds. The largest absolute Gasteiger partial charge is 0.496 e. The molecule has 0 aliphatic carbocycles. The summed E-state index contributed by atoms with van der Waals surface area (Å²) >= 11 is 0. The minimum Gasteiger partial charge on any atom is -0.496 e. The third kappa shape index (κ3) is 3.30. The topological polar surface area (TPSA) is 63.7 Å². The molecule has 1 aliphatic heterocycles. The van der Waals surface area contributed by atoms with Crippen LogP contribution in [-0.4, -0.2) is 50.9 Å². The molecular weight excluding hydrogens is 278 g/mol. The van der Waals surface area contributed by atoms with Crippen molar-refractivity contribution in [2.45, 2.75) is 18.9 Å². The van der Waals surface area contributed by atoms with Crippen molar-refractivity contribution in [2.75, 3.05) is 25.7 Å². The monoisotopic (exact) mass is 297 g/mol. The van der Waals surface area contributed by atoms with E-state index in [-0.39, 0.29) is 29.9 Å². The Morgan fingerprint density at radius 2 is 2.10 bits per heavy atom. The fourth-order valence-electron chi connectivity index (χ4n) is 2.42. The Hall–Kier alpha value is -1.56. The van der Waals surface area contributed by atoms with Gasteiger partial charge in [-0.2, -0.15) is 0 Å². The number of hydrogen-bond acceptors (Lipinski definition) is 4. The highest BCUT2D eigenvalue weighted by Crippen LogP contribution is 2.21. The quantitative estimate of drug-likeness (QED) is 0.828. The molecule has 1 aromatic rings. The molecule has 0 radical (unpaired) electrons. The van der Waals surface area contributed by atoms with Gasteiger partial charge in [-0.15, -0.1) is 0 Å². The van der Waals surface area contributed by atoms with Crippen molar-refractivity contribution in [1.82, 2.24) is 4.90 Å². The van der Waals surface area contributed by atoms with Gasteiger partial charge in [0, 0.05) is 18.7 Å². The minimum absolute atomic E-state index is 0.0706. The number of sulfone groups is 1. The zero-order chi connectivity index (χ0) is 14.8. The second-order valence-corrected chi connectivity index (χ2v) is 7.28. The Balaban J connectivity index is 2.05. The van der Waals surface area contributed by atoms with E-state index in [1.165, 1.54) is 0 Å². The summed E-state index contributed by atoms with van der Waals surface area (Å²) in [6, 6.07) is 7.14. The number of likely N-dealkylation sites (N-methyl/N-ethyl adjacent to an activating group) is 1. The number of methoxy groups -OCH3 is 1. The Labute approximate surface area is 119 Å². The lowest BCUT2D eigenvalue weighted by Crippen LogP contribution is -2.38. The molecule has 0 aromatic heterocycles. The molecule has 5 nitrogen and oxygen atoms in total. The van der Waals surface area contributed by atoms with Crippen LogP contribution in [0.2, 0.25) is 0 Å². The van der Waals surface area contributed by atoms with Crippen LogP contribution in [0.15, 0.2) is 24.3 Å². The summed E-state index contributed by atoms with van der Waals surface area (Å²) in [6.07, 6.45) is 0.744. The fourth-order valence-corrected chi connectivity index (χ4v) is 4.20. The summed E-state index contributed by atoms with van der Waals surface area (Å²) < 4.78 is 28.2. The van der Waals surface area contributed by atoms with E-state index in [1.807, 2.05) is 24.3 Å². The van der Waals surface area contributed by atoms with Crippen molar-refractivity contribution in [3.8, 4) is 5.75 Å². The van der Waals surface area contributed by atoms with E-state index < -0.39 is 9.84 Å². The van der Waals surface area contributed by atoms with E-state index in [9.17, 15) is 13.2 Å². The number of para-hydroxylation sites is 1. The van der Waals surface area contributed by atoms with E-state index in [0.717, 1.165) is 5.56 Å². The summed E-state index contributed by atoms with van der Waals surface area (Å²) in [5, 5.41) is 0. The summed E-state index contributed by atoms with van der Waals surface area (Å²) in [7, 11) is 0.258. The van der Waals surface area contributed by atoms with Gasteiger partial charge in [-0.3, -0.25) is 4.79 Å². The van der Waals surface area contributed by atoms with E-state index in [2.05, 4.69) is 0 Å². The Morgan fingerprint density at radius 3 is 2.70 bits per heavy atom. The lowest BCUT2D eigenvalue weighted by molar-refractivity contribution is -0.130. The molecule has 2 rings (SSSR count). The number of ether oxygens (including phenoxy) is 1. The van der Waals surface area contributed by atoms with Crippen LogP contribution in [-0.2, 0) is 21.1 Å². The number of nitrogens with zero attached hydrogens (tertiary/aromatic N) is 1. The highest BCUT2D eigenvalue weighted by Gasteiger charge is 2.32. The third-order valence-electron chi connectivity index (χ3n) is 3.68. The molecule has 110 valence electrons. The smallest absolute Gasteiger partial charge is 0.227 e. The van der Waals surface area contributed by atoms with Crippen LogP contribution in [0.5, 0.6) is 5.75 Å². The molecule has 1 heterocycles. The average molecular weight is 297 g/mol. The maximum Gasteiger partial charge on any atom is 0.227 e. The van der Waals surface area contributed by atoms with Gasteiger partial charge in [0.1, 0.15) is 5.75 Å². The second kappa shape index (κ2) is 5.83. The zero-order valence-corrected chi connectivity index (χ0v) is 12.5. The Morgan fingerprint density at radius 1 is 1.40 bits per heavy atom. The molecular formula is C14H19NO4S. The molecule has 1 aromatic carbocycles. The van der Waals surface area contributed by atoms with Crippen LogP contribution in [0.25, 0.3) is 0 Å². The summed E-state index contributed by atoms with van der Waals surface area (Å²) in [6.45, 7) is 0.